The number of hydrogen-bond donors (Lipinski definition) is 1. The van der Waals surface area contributed by atoms with Gasteiger partial charge in [0.1, 0.15) is 5.84 Å². The number of anilines is 1. The minimum Gasteiger partial charge on any atom is -0.344 e. The van der Waals surface area contributed by atoms with Crippen LogP contribution in [0, 0.1) is 0 Å². The molecule has 1 heterocycles. The summed E-state index contributed by atoms with van der Waals surface area (Å²) >= 11 is 3.41. The Bertz CT molecular complexity index is 330. The van der Waals surface area contributed by atoms with Gasteiger partial charge in [0.15, 0.2) is 0 Å². The van der Waals surface area contributed by atoms with Gasteiger partial charge in [-0.15, -0.1) is 0 Å². The molecule has 0 saturated carbocycles. The fraction of sp³-hybridized carbons (Fsp3) is 0.364. The number of aliphatic imine (C=N–C) groups is 1. The monoisotopic (exact) mass is 252 g/mol. The third kappa shape index (κ3) is 2.58. The average Bonchev–Trinajstić information content (AvgIpc) is 2.23. The van der Waals surface area contributed by atoms with Gasteiger partial charge in [0.05, 0.1) is 0 Å². The summed E-state index contributed by atoms with van der Waals surface area (Å²) in [5.74, 6) is 1.12. The fourth-order valence-corrected chi connectivity index (χ4v) is 1.76. The Labute approximate surface area is 92.6 Å². The highest BCUT2D eigenvalue weighted by Crippen LogP contribution is 2.15. The van der Waals surface area contributed by atoms with Crippen molar-refractivity contribution in [1.82, 2.24) is 0 Å². The average molecular weight is 253 g/mol. The fourth-order valence-electron chi connectivity index (χ4n) is 1.50. The van der Waals surface area contributed by atoms with Crippen molar-refractivity contribution in [2.24, 2.45) is 4.99 Å². The van der Waals surface area contributed by atoms with Crippen molar-refractivity contribution in [1.29, 1.82) is 0 Å². The van der Waals surface area contributed by atoms with Crippen molar-refractivity contribution in [2.45, 2.75) is 19.3 Å². The van der Waals surface area contributed by atoms with Crippen LogP contribution < -0.4 is 5.32 Å². The Balaban J connectivity index is 2.03. The van der Waals surface area contributed by atoms with Crippen LogP contribution in [0.15, 0.2) is 33.7 Å². The van der Waals surface area contributed by atoms with E-state index in [2.05, 4.69) is 38.4 Å². The zero-order chi connectivity index (χ0) is 9.80. The van der Waals surface area contributed by atoms with Crippen molar-refractivity contribution in [3.63, 3.8) is 0 Å². The molecule has 1 aromatic rings. The van der Waals surface area contributed by atoms with E-state index in [1.807, 2.05) is 12.1 Å². The van der Waals surface area contributed by atoms with Gasteiger partial charge in [-0.1, -0.05) is 15.9 Å². The van der Waals surface area contributed by atoms with Crippen LogP contribution in [-0.2, 0) is 0 Å². The Hall–Kier alpha value is -0.830. The maximum atomic E-state index is 4.44. The number of nitrogens with one attached hydrogen (secondary N) is 1. The first-order valence-electron chi connectivity index (χ1n) is 4.90. The molecule has 0 bridgehead atoms. The molecule has 1 aliphatic heterocycles. The molecule has 2 nitrogen and oxygen atoms in total. The van der Waals surface area contributed by atoms with Crippen LogP contribution in [-0.4, -0.2) is 12.4 Å². The standard InChI is InChI=1S/C11H13BrN2/c12-9-4-6-10(7-5-9)14-11-3-1-2-8-13-11/h4-7H,1-3,8H2,(H,13,14). The van der Waals surface area contributed by atoms with Gasteiger partial charge >= 0.3 is 0 Å². The maximum absolute atomic E-state index is 4.44. The minimum absolute atomic E-state index is 0.971. The van der Waals surface area contributed by atoms with Crippen molar-refractivity contribution < 1.29 is 0 Å². The highest BCUT2D eigenvalue weighted by molar-refractivity contribution is 9.10. The Morgan fingerprint density at radius 2 is 1.93 bits per heavy atom. The topological polar surface area (TPSA) is 24.4 Å². The lowest BCUT2D eigenvalue weighted by atomic mass is 10.2. The molecule has 74 valence electrons. The number of hydrogen-bond acceptors (Lipinski definition) is 2. The highest BCUT2D eigenvalue weighted by atomic mass is 79.9. The van der Waals surface area contributed by atoms with Gasteiger partial charge in [-0.3, -0.25) is 4.99 Å². The molecule has 2 rings (SSSR count). The predicted octanol–water partition coefficient (Wildman–Crippen LogP) is 3.44. The quantitative estimate of drug-likeness (QED) is 0.814. The van der Waals surface area contributed by atoms with E-state index in [0.717, 1.165) is 29.0 Å². The summed E-state index contributed by atoms with van der Waals surface area (Å²) in [6.07, 6.45) is 3.56. The smallest absolute Gasteiger partial charge is 0.101 e. The molecule has 1 N–H and O–H groups in total. The van der Waals surface area contributed by atoms with E-state index < -0.39 is 0 Å². The molecule has 0 unspecified atom stereocenters. The number of amidine groups is 1. The third-order valence-electron chi connectivity index (χ3n) is 2.26. The largest absolute Gasteiger partial charge is 0.344 e. The van der Waals surface area contributed by atoms with Crippen molar-refractivity contribution in [2.75, 3.05) is 11.9 Å². The molecule has 0 spiro atoms. The van der Waals surface area contributed by atoms with Crippen LogP contribution in [0.3, 0.4) is 0 Å². The van der Waals surface area contributed by atoms with Gasteiger partial charge in [-0.25, -0.2) is 0 Å². The predicted molar refractivity (Wildman–Crippen MR) is 63.9 cm³/mol. The maximum Gasteiger partial charge on any atom is 0.101 e. The van der Waals surface area contributed by atoms with Crippen molar-refractivity contribution >= 4 is 27.5 Å². The molecular formula is C11H13BrN2. The Kier molecular flexibility index (Phi) is 3.19. The molecule has 0 amide bonds. The molecule has 14 heavy (non-hydrogen) atoms. The summed E-state index contributed by atoms with van der Waals surface area (Å²) < 4.78 is 1.11. The lowest BCUT2D eigenvalue weighted by Crippen LogP contribution is -2.15. The lowest BCUT2D eigenvalue weighted by molar-refractivity contribution is 0.737. The Morgan fingerprint density at radius 3 is 2.57 bits per heavy atom. The molecule has 0 radical (unpaired) electrons. The van der Waals surface area contributed by atoms with E-state index in [0.29, 0.717) is 0 Å². The second kappa shape index (κ2) is 4.60. The summed E-state index contributed by atoms with van der Waals surface area (Å²) in [6, 6.07) is 8.18. The van der Waals surface area contributed by atoms with E-state index in [-0.39, 0.29) is 0 Å². The van der Waals surface area contributed by atoms with Gasteiger partial charge in [0.2, 0.25) is 0 Å². The lowest BCUT2D eigenvalue weighted by Gasteiger charge is -2.13. The molecule has 0 saturated heterocycles. The van der Waals surface area contributed by atoms with E-state index in [1.54, 1.807) is 0 Å². The SMILES string of the molecule is Brc1ccc(NC2=NCCCC2)cc1. The first-order valence-corrected chi connectivity index (χ1v) is 5.70. The van der Waals surface area contributed by atoms with Gasteiger partial charge in [0, 0.05) is 23.1 Å². The molecule has 0 aliphatic carbocycles. The number of halogens is 1. The van der Waals surface area contributed by atoms with Gasteiger partial charge in [-0.2, -0.15) is 0 Å². The summed E-state index contributed by atoms with van der Waals surface area (Å²) in [5, 5.41) is 3.34. The first kappa shape index (κ1) is 9.71. The van der Waals surface area contributed by atoms with Gasteiger partial charge < -0.3 is 5.32 Å². The molecular weight excluding hydrogens is 240 g/mol. The minimum atomic E-state index is 0.971. The van der Waals surface area contributed by atoms with Gasteiger partial charge in [0.25, 0.3) is 0 Å². The molecule has 3 heteroatoms. The summed E-state index contributed by atoms with van der Waals surface area (Å²) in [5.41, 5.74) is 1.12. The zero-order valence-corrected chi connectivity index (χ0v) is 9.55. The zero-order valence-electron chi connectivity index (χ0n) is 7.96. The van der Waals surface area contributed by atoms with Crippen LogP contribution in [0.1, 0.15) is 19.3 Å². The van der Waals surface area contributed by atoms with Crippen LogP contribution in [0.2, 0.25) is 0 Å². The van der Waals surface area contributed by atoms with Crippen molar-refractivity contribution in [3.05, 3.63) is 28.7 Å². The van der Waals surface area contributed by atoms with Crippen LogP contribution in [0.25, 0.3) is 0 Å². The van der Waals surface area contributed by atoms with Crippen LogP contribution in [0.5, 0.6) is 0 Å². The highest BCUT2D eigenvalue weighted by Gasteiger charge is 2.04. The molecule has 1 aromatic carbocycles. The number of nitrogens with zero attached hydrogens (tertiary/aromatic N) is 1. The molecule has 1 aliphatic rings. The number of rotatable bonds is 1. The van der Waals surface area contributed by atoms with Crippen LogP contribution in [0.4, 0.5) is 5.69 Å². The normalized spacial score (nSPS) is 16.2. The van der Waals surface area contributed by atoms with E-state index in [9.17, 15) is 0 Å². The molecule has 0 aromatic heterocycles. The molecule has 0 fully saturated rings. The summed E-state index contributed by atoms with van der Waals surface area (Å²) in [4.78, 5) is 4.44. The second-order valence-electron chi connectivity index (χ2n) is 3.42. The number of benzene rings is 1. The van der Waals surface area contributed by atoms with E-state index in [4.69, 9.17) is 0 Å². The summed E-state index contributed by atoms with van der Waals surface area (Å²) in [6.45, 7) is 0.971. The van der Waals surface area contributed by atoms with E-state index >= 15 is 0 Å². The van der Waals surface area contributed by atoms with Crippen LogP contribution >= 0.6 is 15.9 Å². The Morgan fingerprint density at radius 1 is 1.14 bits per heavy atom. The second-order valence-corrected chi connectivity index (χ2v) is 4.33. The van der Waals surface area contributed by atoms with Crippen molar-refractivity contribution in [3.8, 4) is 0 Å². The third-order valence-corrected chi connectivity index (χ3v) is 2.79. The van der Waals surface area contributed by atoms with E-state index in [1.165, 1.54) is 12.8 Å². The first-order chi connectivity index (χ1) is 6.84. The van der Waals surface area contributed by atoms with Gasteiger partial charge in [-0.05, 0) is 37.1 Å². The summed E-state index contributed by atoms with van der Waals surface area (Å²) in [7, 11) is 0. The molecule has 0 atom stereocenters.